The van der Waals surface area contributed by atoms with E-state index >= 15 is 0 Å². The molecule has 26 heavy (non-hydrogen) atoms. The second-order valence-corrected chi connectivity index (χ2v) is 5.78. The van der Waals surface area contributed by atoms with Crippen LogP contribution in [0.3, 0.4) is 0 Å². The highest BCUT2D eigenvalue weighted by atomic mass is 19.1. The fourth-order valence-electron chi connectivity index (χ4n) is 2.72. The van der Waals surface area contributed by atoms with Gasteiger partial charge in [-0.25, -0.2) is 9.87 Å². The number of nitrogens with one attached hydrogen (secondary N) is 2. The average Bonchev–Trinajstić information content (AvgIpc) is 3.02. The minimum Gasteiger partial charge on any atom is -0.448 e. The van der Waals surface area contributed by atoms with E-state index in [0.717, 1.165) is 12.8 Å². The molecule has 0 radical (unpaired) electrons. The first kappa shape index (κ1) is 18.2. The molecule has 2 aromatic rings. The first-order valence-electron chi connectivity index (χ1n) is 8.36. The highest BCUT2D eigenvalue weighted by Crippen LogP contribution is 2.33. The van der Waals surface area contributed by atoms with E-state index in [2.05, 4.69) is 15.8 Å². The van der Waals surface area contributed by atoms with E-state index in [9.17, 15) is 9.18 Å². The molecule has 1 amide bonds. The molecule has 3 rings (SSSR count). The van der Waals surface area contributed by atoms with Crippen LogP contribution < -0.4 is 10.8 Å². The van der Waals surface area contributed by atoms with Crippen molar-refractivity contribution in [2.45, 2.75) is 19.3 Å². The van der Waals surface area contributed by atoms with Crippen molar-refractivity contribution in [2.75, 3.05) is 18.5 Å². The van der Waals surface area contributed by atoms with Crippen LogP contribution in [0, 0.1) is 0 Å². The standard InChI is InChI=1S/C17H19BFN3O4/c1-18-10-2-3-13(12(19)8-10)21-15-11-9-20-5-4-14(11)26-16(15)17(24)22-25-7-6-23/h2,4-5,8-9,13,18,21,23H,3,6-7H2,1H3,(H,22,24). The molecule has 7 nitrogen and oxygen atoms in total. The summed E-state index contributed by atoms with van der Waals surface area (Å²) >= 11 is 0. The maximum atomic E-state index is 14.4. The Morgan fingerprint density at radius 2 is 2.42 bits per heavy atom. The molecular weight excluding hydrogens is 340 g/mol. The minimum atomic E-state index is -0.637. The van der Waals surface area contributed by atoms with Gasteiger partial charge in [0.2, 0.25) is 5.76 Å². The highest BCUT2D eigenvalue weighted by molar-refractivity contribution is 6.44. The van der Waals surface area contributed by atoms with Crippen LogP contribution in [0.2, 0.25) is 6.82 Å². The second-order valence-electron chi connectivity index (χ2n) is 5.78. The molecule has 3 N–H and O–H groups in total. The molecule has 0 aliphatic heterocycles. The number of hydrogen-bond donors (Lipinski definition) is 3. The molecule has 136 valence electrons. The molecule has 0 saturated heterocycles. The molecule has 1 aliphatic rings. The fraction of sp³-hybridized carbons (Fsp3) is 0.294. The van der Waals surface area contributed by atoms with Gasteiger partial charge in [-0.2, -0.15) is 0 Å². The zero-order chi connectivity index (χ0) is 18.5. The molecular formula is C17H19BFN3O4. The van der Waals surface area contributed by atoms with Crippen LogP contribution in [-0.2, 0) is 4.84 Å². The number of hydrogen-bond acceptors (Lipinski definition) is 6. The lowest BCUT2D eigenvalue weighted by Crippen LogP contribution is -2.27. The first-order chi connectivity index (χ1) is 12.6. The van der Waals surface area contributed by atoms with Crippen molar-refractivity contribution < 1.29 is 23.5 Å². The van der Waals surface area contributed by atoms with E-state index in [1.807, 2.05) is 12.9 Å². The predicted octanol–water partition coefficient (Wildman–Crippen LogP) is 1.89. The number of pyridine rings is 1. The summed E-state index contributed by atoms with van der Waals surface area (Å²) in [5.74, 6) is -0.975. The van der Waals surface area contributed by atoms with E-state index in [1.54, 1.807) is 12.3 Å². The van der Waals surface area contributed by atoms with Crippen molar-refractivity contribution in [3.8, 4) is 0 Å². The van der Waals surface area contributed by atoms with Gasteiger partial charge in [0.05, 0.1) is 30.3 Å². The third kappa shape index (κ3) is 3.78. The molecule has 1 atom stereocenters. The molecule has 0 fully saturated rings. The molecule has 0 aromatic carbocycles. The minimum absolute atomic E-state index is 0.0380. The number of nitrogens with zero attached hydrogens (tertiary/aromatic N) is 1. The Bertz CT molecular complexity index is 865. The van der Waals surface area contributed by atoms with Gasteiger partial charge in [0.1, 0.15) is 11.4 Å². The van der Waals surface area contributed by atoms with Gasteiger partial charge in [-0.1, -0.05) is 18.4 Å². The highest BCUT2D eigenvalue weighted by Gasteiger charge is 2.25. The molecule has 0 spiro atoms. The lowest BCUT2D eigenvalue weighted by molar-refractivity contribution is 0.0152. The summed E-state index contributed by atoms with van der Waals surface area (Å²) in [6, 6.07) is 1.02. The van der Waals surface area contributed by atoms with Crippen LogP contribution in [-0.4, -0.2) is 42.5 Å². The Kier molecular flexibility index (Phi) is 5.70. The van der Waals surface area contributed by atoms with Crippen LogP contribution >= 0.6 is 0 Å². The quantitative estimate of drug-likeness (QED) is 0.397. The number of hydroxylamine groups is 1. The summed E-state index contributed by atoms with van der Waals surface area (Å²) in [6.07, 6.45) is 7.01. The van der Waals surface area contributed by atoms with Crippen molar-refractivity contribution in [1.29, 1.82) is 0 Å². The number of fused-ring (bicyclic) bond motifs is 1. The number of aliphatic hydroxyl groups is 1. The Balaban J connectivity index is 1.89. The van der Waals surface area contributed by atoms with Gasteiger partial charge in [-0.05, 0) is 18.6 Å². The molecule has 1 aliphatic carbocycles. The molecule has 9 heteroatoms. The van der Waals surface area contributed by atoms with E-state index in [0.29, 0.717) is 23.1 Å². The number of anilines is 1. The van der Waals surface area contributed by atoms with Crippen LogP contribution in [0.25, 0.3) is 11.0 Å². The summed E-state index contributed by atoms with van der Waals surface area (Å²) in [6.45, 7) is 1.67. The third-order valence-electron chi connectivity index (χ3n) is 4.05. The van der Waals surface area contributed by atoms with E-state index in [-0.39, 0.29) is 24.8 Å². The molecule has 0 saturated carbocycles. The topological polar surface area (TPSA) is 96.6 Å². The van der Waals surface area contributed by atoms with Crippen LogP contribution in [0.4, 0.5) is 10.1 Å². The van der Waals surface area contributed by atoms with Gasteiger partial charge in [0.25, 0.3) is 0 Å². The molecule has 0 bridgehead atoms. The molecule has 2 heterocycles. The van der Waals surface area contributed by atoms with Gasteiger partial charge >= 0.3 is 5.91 Å². The Morgan fingerprint density at radius 3 is 3.15 bits per heavy atom. The zero-order valence-electron chi connectivity index (χ0n) is 14.3. The number of aromatic nitrogens is 1. The second kappa shape index (κ2) is 8.16. The summed E-state index contributed by atoms with van der Waals surface area (Å²) in [5.41, 5.74) is 3.92. The fourth-order valence-corrected chi connectivity index (χ4v) is 2.72. The number of halogens is 1. The van der Waals surface area contributed by atoms with E-state index < -0.39 is 11.9 Å². The van der Waals surface area contributed by atoms with Gasteiger partial charge in [0.15, 0.2) is 7.28 Å². The molecule has 2 aromatic heterocycles. The van der Waals surface area contributed by atoms with E-state index in [1.165, 1.54) is 12.3 Å². The Morgan fingerprint density at radius 1 is 1.58 bits per heavy atom. The average molecular weight is 359 g/mol. The Hall–Kier alpha value is -2.65. The normalized spacial score (nSPS) is 16.8. The molecule has 1 unspecified atom stereocenters. The smallest absolute Gasteiger partial charge is 0.312 e. The van der Waals surface area contributed by atoms with Crippen LogP contribution in [0.15, 0.2) is 46.3 Å². The number of furan rings is 1. The summed E-state index contributed by atoms with van der Waals surface area (Å²) in [4.78, 5) is 21.2. The SMILES string of the molecule is CBC1=CCC(Nc2c(C(=O)NOCCO)oc3ccncc23)C(F)=C1. The largest absolute Gasteiger partial charge is 0.448 e. The van der Waals surface area contributed by atoms with Crippen molar-refractivity contribution in [3.63, 3.8) is 0 Å². The number of carbonyl (C=O) groups excluding carboxylic acids is 1. The van der Waals surface area contributed by atoms with Crippen molar-refractivity contribution in [2.24, 2.45) is 0 Å². The zero-order valence-corrected chi connectivity index (χ0v) is 14.3. The number of allylic oxidation sites excluding steroid dienone is 2. The monoisotopic (exact) mass is 359 g/mol. The predicted molar refractivity (Wildman–Crippen MR) is 96.8 cm³/mol. The van der Waals surface area contributed by atoms with Gasteiger partial charge in [-0.15, -0.1) is 0 Å². The van der Waals surface area contributed by atoms with Crippen molar-refractivity contribution in [1.82, 2.24) is 10.5 Å². The maximum absolute atomic E-state index is 14.4. The van der Waals surface area contributed by atoms with Gasteiger partial charge in [-0.3, -0.25) is 14.6 Å². The van der Waals surface area contributed by atoms with Gasteiger partial charge < -0.3 is 14.8 Å². The number of aliphatic hydroxyl groups excluding tert-OH is 1. The first-order valence-corrected chi connectivity index (χ1v) is 8.36. The number of carbonyl (C=O) groups is 1. The lowest BCUT2D eigenvalue weighted by Gasteiger charge is -2.20. The van der Waals surface area contributed by atoms with E-state index in [4.69, 9.17) is 14.4 Å². The maximum Gasteiger partial charge on any atom is 0.312 e. The van der Waals surface area contributed by atoms with Crippen LogP contribution in [0.5, 0.6) is 0 Å². The lowest BCUT2D eigenvalue weighted by atomic mass is 9.70. The summed E-state index contributed by atoms with van der Waals surface area (Å²) < 4.78 is 20.0. The summed E-state index contributed by atoms with van der Waals surface area (Å²) in [5, 5.41) is 12.4. The van der Waals surface area contributed by atoms with Crippen LogP contribution in [0.1, 0.15) is 17.0 Å². The Labute approximate surface area is 150 Å². The number of amides is 1. The van der Waals surface area contributed by atoms with Crippen molar-refractivity contribution >= 4 is 29.8 Å². The van der Waals surface area contributed by atoms with Crippen molar-refractivity contribution in [3.05, 3.63) is 47.7 Å². The van der Waals surface area contributed by atoms with Gasteiger partial charge in [0, 0.05) is 12.4 Å². The third-order valence-corrected chi connectivity index (χ3v) is 4.05. The number of rotatable bonds is 7. The summed E-state index contributed by atoms with van der Waals surface area (Å²) in [7, 11) is 0.758.